The Hall–Kier alpha value is -3.98. The summed E-state index contributed by atoms with van der Waals surface area (Å²) < 4.78 is 5.39. The molecule has 8 nitrogen and oxygen atoms in total. The van der Waals surface area contributed by atoms with Crippen molar-refractivity contribution in [3.63, 3.8) is 0 Å². The number of aromatic nitrogens is 3. The van der Waals surface area contributed by atoms with E-state index in [-0.39, 0.29) is 0 Å². The molecule has 0 aliphatic heterocycles. The average molecular weight is 502 g/mol. The van der Waals surface area contributed by atoms with E-state index in [1.165, 1.54) is 5.56 Å². The van der Waals surface area contributed by atoms with E-state index in [1.807, 2.05) is 56.4 Å². The number of methoxy groups -OCH3 is 1. The van der Waals surface area contributed by atoms with Gasteiger partial charge in [-0.2, -0.15) is 0 Å². The lowest BCUT2D eigenvalue weighted by Gasteiger charge is -2.16. The normalized spacial score (nSPS) is 11.4. The molecule has 0 unspecified atom stereocenters. The van der Waals surface area contributed by atoms with E-state index in [2.05, 4.69) is 50.8 Å². The van der Waals surface area contributed by atoms with E-state index in [0.29, 0.717) is 23.6 Å². The number of thiocarbonyl (C=S) groups is 1. The van der Waals surface area contributed by atoms with Gasteiger partial charge in [-0.1, -0.05) is 12.1 Å². The van der Waals surface area contributed by atoms with Gasteiger partial charge in [-0.25, -0.2) is 9.97 Å². The fourth-order valence-corrected chi connectivity index (χ4v) is 4.13. The molecule has 0 amide bonds. The zero-order valence-corrected chi connectivity index (χ0v) is 22.0. The molecule has 0 aliphatic carbocycles. The van der Waals surface area contributed by atoms with Crippen LogP contribution >= 0.6 is 12.2 Å². The van der Waals surface area contributed by atoms with Crippen molar-refractivity contribution in [1.29, 1.82) is 0 Å². The molecule has 2 heterocycles. The van der Waals surface area contributed by atoms with Crippen LogP contribution in [0.3, 0.4) is 0 Å². The van der Waals surface area contributed by atoms with Gasteiger partial charge in [-0.3, -0.25) is 10.3 Å². The van der Waals surface area contributed by atoms with Crippen LogP contribution in [0.4, 0.5) is 11.6 Å². The second-order valence-electron chi connectivity index (χ2n) is 8.63. The number of fused-ring (bicyclic) bond motifs is 1. The Balaban J connectivity index is 1.53. The lowest BCUT2D eigenvalue weighted by atomic mass is 10.1. The van der Waals surface area contributed by atoms with Gasteiger partial charge in [0.1, 0.15) is 5.75 Å². The van der Waals surface area contributed by atoms with Crippen molar-refractivity contribution >= 4 is 45.8 Å². The number of aromatic amines is 1. The summed E-state index contributed by atoms with van der Waals surface area (Å²) in [6.45, 7) is 8.52. The number of hydrogen-bond donors (Lipinski definition) is 4. The number of anilines is 2. The van der Waals surface area contributed by atoms with E-state index < -0.39 is 0 Å². The van der Waals surface area contributed by atoms with Crippen LogP contribution in [0.2, 0.25) is 0 Å². The molecule has 0 atom stereocenters. The number of nitrogens with zero attached hydrogens (tertiary/aromatic N) is 3. The minimum Gasteiger partial charge on any atom is -0.497 e. The standard InChI is InChI=1S/C27H31N7OS/c1-16-7-6-8-23(19(16)4)32-27(36)34-25(33-26-30-17(2)13-18(3)31-26)28-12-11-20-15-29-24-10-9-21(35-5)14-22(20)24/h6-10,13-15,29H,11-12H2,1-5H3,(H3,28,30,31,32,33,34,36). The number of aryl methyl sites for hydroxylation is 3. The number of ether oxygens (including phenoxy) is 1. The van der Waals surface area contributed by atoms with Gasteiger partial charge < -0.3 is 20.4 Å². The lowest BCUT2D eigenvalue weighted by molar-refractivity contribution is 0.415. The number of hydrogen-bond acceptors (Lipinski definition) is 5. The van der Waals surface area contributed by atoms with Crippen molar-refractivity contribution in [2.24, 2.45) is 4.99 Å². The van der Waals surface area contributed by atoms with Gasteiger partial charge in [-0.05, 0) is 93.4 Å². The summed E-state index contributed by atoms with van der Waals surface area (Å²) in [7, 11) is 1.67. The molecule has 0 aliphatic rings. The number of benzene rings is 2. The van der Waals surface area contributed by atoms with Gasteiger partial charge in [0.05, 0.1) is 7.11 Å². The molecule has 2 aromatic carbocycles. The topological polar surface area (TPSA) is 99.2 Å². The maximum absolute atomic E-state index is 5.60. The molecule has 4 N–H and O–H groups in total. The Labute approximate surface area is 216 Å². The van der Waals surface area contributed by atoms with Crippen LogP contribution in [0.1, 0.15) is 28.1 Å². The van der Waals surface area contributed by atoms with Gasteiger partial charge in [-0.15, -0.1) is 0 Å². The van der Waals surface area contributed by atoms with E-state index >= 15 is 0 Å². The minimum absolute atomic E-state index is 0.427. The van der Waals surface area contributed by atoms with Crippen LogP contribution in [-0.2, 0) is 6.42 Å². The second-order valence-corrected chi connectivity index (χ2v) is 9.04. The molecule has 0 saturated carbocycles. The van der Waals surface area contributed by atoms with E-state index in [9.17, 15) is 0 Å². The zero-order valence-electron chi connectivity index (χ0n) is 21.2. The highest BCUT2D eigenvalue weighted by Gasteiger charge is 2.10. The Morgan fingerprint density at radius 1 is 1.03 bits per heavy atom. The molecule has 0 fully saturated rings. The van der Waals surface area contributed by atoms with Crippen molar-refractivity contribution in [2.75, 3.05) is 24.3 Å². The summed E-state index contributed by atoms with van der Waals surface area (Å²) in [6, 6.07) is 14.0. The predicted molar refractivity (Wildman–Crippen MR) is 151 cm³/mol. The lowest BCUT2D eigenvalue weighted by Crippen LogP contribution is -2.39. The number of rotatable bonds is 6. The van der Waals surface area contributed by atoms with Crippen LogP contribution in [-0.4, -0.2) is 39.7 Å². The van der Waals surface area contributed by atoms with Gasteiger partial charge in [0.15, 0.2) is 5.11 Å². The molecule has 186 valence electrons. The average Bonchev–Trinajstić information content (AvgIpc) is 3.23. The van der Waals surface area contributed by atoms with Gasteiger partial charge in [0.25, 0.3) is 0 Å². The summed E-state index contributed by atoms with van der Waals surface area (Å²) in [5, 5.41) is 11.2. The first kappa shape index (κ1) is 25.1. The Kier molecular flexibility index (Phi) is 7.80. The van der Waals surface area contributed by atoms with Crippen LogP contribution in [0.25, 0.3) is 10.9 Å². The Bertz CT molecular complexity index is 1410. The zero-order chi connectivity index (χ0) is 25.7. The maximum atomic E-state index is 5.60. The highest BCUT2D eigenvalue weighted by Crippen LogP contribution is 2.24. The highest BCUT2D eigenvalue weighted by atomic mass is 32.1. The number of aliphatic imine (C=N–C) groups is 1. The van der Waals surface area contributed by atoms with Crippen LogP contribution in [0, 0.1) is 27.7 Å². The molecular weight excluding hydrogens is 470 g/mol. The number of nitrogens with one attached hydrogen (secondary N) is 4. The molecule has 2 aromatic heterocycles. The maximum Gasteiger partial charge on any atom is 0.229 e. The molecule has 0 radical (unpaired) electrons. The molecule has 36 heavy (non-hydrogen) atoms. The third-order valence-electron chi connectivity index (χ3n) is 5.92. The molecule has 0 spiro atoms. The van der Waals surface area contributed by atoms with Gasteiger partial charge in [0.2, 0.25) is 11.9 Å². The molecular formula is C27H31N7OS. The van der Waals surface area contributed by atoms with Crippen LogP contribution in [0.5, 0.6) is 5.75 Å². The minimum atomic E-state index is 0.427. The first-order valence-electron chi connectivity index (χ1n) is 11.7. The van der Waals surface area contributed by atoms with Gasteiger partial charge >= 0.3 is 0 Å². The SMILES string of the molecule is COc1ccc2[nH]cc(CCN=C(NC(=S)Nc3cccc(C)c3C)Nc3nc(C)cc(C)n3)c2c1. The molecule has 4 aromatic rings. The highest BCUT2D eigenvalue weighted by molar-refractivity contribution is 7.80. The van der Waals surface area contributed by atoms with Crippen LogP contribution < -0.4 is 20.7 Å². The predicted octanol–water partition coefficient (Wildman–Crippen LogP) is 5.20. The fraction of sp³-hybridized carbons (Fsp3) is 0.259. The van der Waals surface area contributed by atoms with Crippen LogP contribution in [0.15, 0.2) is 53.7 Å². The second kappa shape index (κ2) is 11.2. The quantitative estimate of drug-likeness (QED) is 0.164. The summed E-state index contributed by atoms with van der Waals surface area (Å²) >= 11 is 5.60. The summed E-state index contributed by atoms with van der Waals surface area (Å²) in [4.78, 5) is 17.0. The molecule has 0 saturated heterocycles. The Morgan fingerprint density at radius 3 is 2.56 bits per heavy atom. The summed E-state index contributed by atoms with van der Waals surface area (Å²) in [5.41, 5.74) is 7.23. The van der Waals surface area contributed by atoms with Crippen molar-refractivity contribution in [1.82, 2.24) is 20.3 Å². The monoisotopic (exact) mass is 501 g/mol. The molecule has 9 heteroatoms. The number of H-pyrrole nitrogens is 1. The molecule has 0 bridgehead atoms. The van der Waals surface area contributed by atoms with Gasteiger partial charge in [0, 0.05) is 40.7 Å². The largest absolute Gasteiger partial charge is 0.497 e. The first-order valence-corrected chi connectivity index (χ1v) is 12.1. The fourth-order valence-electron chi connectivity index (χ4n) is 3.93. The van der Waals surface area contributed by atoms with Crippen molar-refractivity contribution < 1.29 is 4.74 Å². The van der Waals surface area contributed by atoms with E-state index in [1.54, 1.807) is 7.11 Å². The van der Waals surface area contributed by atoms with Crippen molar-refractivity contribution in [3.05, 3.63) is 76.7 Å². The third-order valence-corrected chi connectivity index (χ3v) is 6.13. The van der Waals surface area contributed by atoms with E-state index in [4.69, 9.17) is 21.9 Å². The first-order chi connectivity index (χ1) is 17.3. The smallest absolute Gasteiger partial charge is 0.229 e. The Morgan fingerprint density at radius 2 is 1.81 bits per heavy atom. The molecule has 4 rings (SSSR count). The summed E-state index contributed by atoms with van der Waals surface area (Å²) in [5.74, 6) is 1.76. The van der Waals surface area contributed by atoms with Crippen molar-refractivity contribution in [2.45, 2.75) is 34.1 Å². The third kappa shape index (κ3) is 6.17. The van der Waals surface area contributed by atoms with Crippen molar-refractivity contribution in [3.8, 4) is 5.75 Å². The summed E-state index contributed by atoms with van der Waals surface area (Å²) in [6.07, 6.45) is 2.74. The number of guanidine groups is 1. The van der Waals surface area contributed by atoms with E-state index in [0.717, 1.165) is 51.3 Å².